The lowest BCUT2D eigenvalue weighted by Gasteiger charge is -2.42. The average molecular weight is 539 g/mol. The summed E-state index contributed by atoms with van der Waals surface area (Å²) in [7, 11) is -4.38. The fourth-order valence-electron chi connectivity index (χ4n) is 4.35. The van der Waals surface area contributed by atoms with Crippen LogP contribution in [0.15, 0.2) is 30.3 Å². The Kier molecular flexibility index (Phi) is 6.42. The standard InChI is InChI=1S/C21H28F2N4O4S2.ClH/c1-14-3-6-19(26-7-9-32(28,29)10-8-26)24-20(14)15-4-5-17-18(11-15)25(2)33(30,31)27(17)13-16-12-21(16,22)23;/h3-6,11,16,28-31H,7-10,12-13H2,1-2H3;1H. The third-order valence-corrected chi connectivity index (χ3v) is 10.2. The minimum Gasteiger partial charge on any atom is -0.353 e. The Morgan fingerprint density at radius 2 is 1.71 bits per heavy atom. The number of benzene rings is 1. The third kappa shape index (κ3) is 4.41. The monoisotopic (exact) mass is 538 g/mol. The van der Waals surface area contributed by atoms with Gasteiger partial charge in [0, 0.05) is 44.6 Å². The maximum atomic E-state index is 13.5. The van der Waals surface area contributed by atoms with Crippen molar-refractivity contribution >= 4 is 51.2 Å². The quantitative estimate of drug-likeness (QED) is 0.402. The summed E-state index contributed by atoms with van der Waals surface area (Å²) >= 11 is 0. The summed E-state index contributed by atoms with van der Waals surface area (Å²) in [6.45, 7) is 2.83. The predicted molar refractivity (Wildman–Crippen MR) is 138 cm³/mol. The fourth-order valence-corrected chi connectivity index (χ4v) is 7.09. The second kappa shape index (κ2) is 8.54. The first kappa shape index (κ1) is 25.5. The van der Waals surface area contributed by atoms with Crippen molar-refractivity contribution in [1.29, 1.82) is 0 Å². The van der Waals surface area contributed by atoms with Crippen molar-refractivity contribution in [3.8, 4) is 11.3 Å². The third-order valence-electron chi connectivity index (χ3n) is 6.64. The molecule has 0 bridgehead atoms. The summed E-state index contributed by atoms with van der Waals surface area (Å²) in [5, 5.41) is 0. The molecule has 0 radical (unpaired) electrons. The lowest BCUT2D eigenvalue weighted by molar-refractivity contribution is 0.101. The van der Waals surface area contributed by atoms with Crippen LogP contribution in [0.4, 0.5) is 26.0 Å². The number of aryl methyl sites for hydroxylation is 1. The van der Waals surface area contributed by atoms with Gasteiger partial charge in [-0.15, -0.1) is 12.4 Å². The highest BCUT2D eigenvalue weighted by Gasteiger charge is 2.59. The molecule has 2 aromatic rings. The zero-order chi connectivity index (χ0) is 23.8. The van der Waals surface area contributed by atoms with Gasteiger partial charge in [0.05, 0.1) is 28.6 Å². The number of pyridine rings is 1. The van der Waals surface area contributed by atoms with Crippen LogP contribution in [0, 0.1) is 12.8 Å². The predicted octanol–water partition coefficient (Wildman–Crippen LogP) is 5.54. The van der Waals surface area contributed by atoms with Crippen LogP contribution in [-0.4, -0.2) is 67.3 Å². The number of rotatable bonds is 4. The highest BCUT2D eigenvalue weighted by molar-refractivity contribution is 8.27. The van der Waals surface area contributed by atoms with Gasteiger partial charge in [-0.25, -0.2) is 13.8 Å². The van der Waals surface area contributed by atoms with Crippen LogP contribution >= 0.6 is 34.0 Å². The van der Waals surface area contributed by atoms with Gasteiger partial charge in [0.1, 0.15) is 5.82 Å². The molecule has 1 aliphatic carbocycles. The molecule has 1 saturated heterocycles. The van der Waals surface area contributed by atoms with Crippen molar-refractivity contribution in [2.75, 3.05) is 51.7 Å². The molecule has 2 aliphatic heterocycles. The summed E-state index contributed by atoms with van der Waals surface area (Å²) in [6, 6.07) is 9.21. The summed E-state index contributed by atoms with van der Waals surface area (Å²) in [4.78, 5) is 6.84. The first-order valence-corrected chi connectivity index (χ1v) is 14.0. The first-order valence-electron chi connectivity index (χ1n) is 10.7. The smallest absolute Gasteiger partial charge is 0.253 e. The molecule has 34 heavy (non-hydrogen) atoms. The van der Waals surface area contributed by atoms with Gasteiger partial charge in [0.2, 0.25) is 0 Å². The van der Waals surface area contributed by atoms with Crippen LogP contribution in [-0.2, 0) is 0 Å². The van der Waals surface area contributed by atoms with E-state index in [0.29, 0.717) is 36.0 Å². The average Bonchev–Trinajstić information content (AvgIpc) is 3.31. The van der Waals surface area contributed by atoms with Gasteiger partial charge in [0.15, 0.2) is 0 Å². The maximum absolute atomic E-state index is 13.5. The Morgan fingerprint density at radius 1 is 1.06 bits per heavy atom. The highest BCUT2D eigenvalue weighted by Crippen LogP contribution is 2.63. The molecule has 4 N–H and O–H groups in total. The SMILES string of the molecule is Cc1ccc(N2CCS(O)(O)CC2)nc1-c1ccc2c(c1)N(C)S(O)(O)N2CC1CC1(F)F.Cl. The Bertz CT molecular complexity index is 1100. The van der Waals surface area contributed by atoms with E-state index in [2.05, 4.69) is 0 Å². The number of halogens is 3. The van der Waals surface area contributed by atoms with E-state index >= 15 is 0 Å². The van der Waals surface area contributed by atoms with E-state index in [0.717, 1.165) is 22.6 Å². The molecule has 2 fully saturated rings. The Labute approximate surface area is 207 Å². The summed E-state index contributed by atoms with van der Waals surface area (Å²) in [6.07, 6.45) is -0.238. The van der Waals surface area contributed by atoms with Crippen molar-refractivity contribution in [3.63, 3.8) is 0 Å². The molecule has 8 nitrogen and oxygen atoms in total. The molecule has 3 heterocycles. The van der Waals surface area contributed by atoms with Crippen LogP contribution in [0.5, 0.6) is 0 Å². The molecule has 1 aromatic carbocycles. The fraction of sp³-hybridized carbons (Fsp3) is 0.476. The number of alkyl halides is 2. The summed E-state index contributed by atoms with van der Waals surface area (Å²) in [5.74, 6) is -2.27. The van der Waals surface area contributed by atoms with Crippen LogP contribution in [0.3, 0.4) is 0 Å². The molecule has 1 unspecified atom stereocenters. The Hall–Kier alpha value is -1.54. The number of nitrogens with zero attached hydrogens (tertiary/aromatic N) is 4. The topological polar surface area (TPSA) is 104 Å². The van der Waals surface area contributed by atoms with E-state index in [1.165, 1.54) is 8.61 Å². The molecule has 13 heteroatoms. The number of hydrogen-bond acceptors (Lipinski definition) is 8. The summed E-state index contributed by atoms with van der Waals surface area (Å²) < 4.78 is 70.9. The van der Waals surface area contributed by atoms with Crippen molar-refractivity contribution in [2.45, 2.75) is 19.3 Å². The van der Waals surface area contributed by atoms with Crippen LogP contribution < -0.4 is 13.5 Å². The lowest BCUT2D eigenvalue weighted by atomic mass is 10.0. The van der Waals surface area contributed by atoms with Gasteiger partial charge in [-0.05, 0) is 41.6 Å². The van der Waals surface area contributed by atoms with Crippen LogP contribution in [0.1, 0.15) is 12.0 Å². The van der Waals surface area contributed by atoms with Gasteiger partial charge in [-0.1, -0.05) is 12.1 Å². The Morgan fingerprint density at radius 3 is 2.32 bits per heavy atom. The van der Waals surface area contributed by atoms with E-state index in [1.807, 2.05) is 30.0 Å². The van der Waals surface area contributed by atoms with E-state index in [1.54, 1.807) is 19.2 Å². The molecule has 0 amide bonds. The van der Waals surface area contributed by atoms with Crippen LogP contribution in [0.25, 0.3) is 11.3 Å². The minimum atomic E-state index is -3.42. The summed E-state index contributed by atoms with van der Waals surface area (Å²) in [5.41, 5.74) is 3.50. The molecule has 1 aromatic heterocycles. The zero-order valence-corrected chi connectivity index (χ0v) is 21.2. The molecule has 0 spiro atoms. The van der Waals surface area contributed by atoms with E-state index in [-0.39, 0.29) is 25.4 Å². The molecular formula is C21H29ClF2N4O4S2. The van der Waals surface area contributed by atoms with Gasteiger partial charge < -0.3 is 4.90 Å². The zero-order valence-electron chi connectivity index (χ0n) is 18.8. The van der Waals surface area contributed by atoms with Crippen molar-refractivity contribution < 1.29 is 27.0 Å². The lowest BCUT2D eigenvalue weighted by Crippen LogP contribution is -2.38. The van der Waals surface area contributed by atoms with Gasteiger partial charge >= 0.3 is 0 Å². The van der Waals surface area contributed by atoms with E-state index in [4.69, 9.17) is 4.98 Å². The molecule has 5 rings (SSSR count). The molecule has 1 saturated carbocycles. The molecular weight excluding hydrogens is 510 g/mol. The van der Waals surface area contributed by atoms with Crippen molar-refractivity contribution in [1.82, 2.24) is 4.98 Å². The van der Waals surface area contributed by atoms with Gasteiger partial charge in [-0.2, -0.15) is 10.6 Å². The second-order valence-corrected chi connectivity index (χ2v) is 13.3. The van der Waals surface area contributed by atoms with E-state index < -0.39 is 33.4 Å². The van der Waals surface area contributed by atoms with Crippen molar-refractivity contribution in [2.24, 2.45) is 5.92 Å². The van der Waals surface area contributed by atoms with Gasteiger partial charge in [-0.3, -0.25) is 26.8 Å². The normalized spacial score (nSPS) is 25.9. The molecule has 3 aliphatic rings. The first-order chi connectivity index (χ1) is 15.4. The number of anilines is 3. The van der Waals surface area contributed by atoms with E-state index in [9.17, 15) is 27.0 Å². The molecule has 1 atom stereocenters. The molecule has 190 valence electrons. The maximum Gasteiger partial charge on any atom is 0.253 e. The van der Waals surface area contributed by atoms with Crippen molar-refractivity contribution in [3.05, 3.63) is 35.9 Å². The second-order valence-electron chi connectivity index (χ2n) is 8.95. The van der Waals surface area contributed by atoms with Gasteiger partial charge in [0.25, 0.3) is 5.92 Å². The minimum absolute atomic E-state index is 0. The van der Waals surface area contributed by atoms with Crippen LogP contribution in [0.2, 0.25) is 0 Å². The number of fused-ring (bicyclic) bond motifs is 1. The number of hydrogen-bond donors (Lipinski definition) is 4. The highest BCUT2D eigenvalue weighted by atomic mass is 35.5. The Balaban J connectivity index is 0.00000274. The number of aromatic nitrogens is 1. The largest absolute Gasteiger partial charge is 0.353 e.